The van der Waals surface area contributed by atoms with E-state index in [1.165, 1.54) is 45.2 Å². The molecule has 120 valence electrons. The molecule has 0 aliphatic rings. The molecular formula is C11H15I2NO7. The maximum Gasteiger partial charge on any atom is 0.408 e. The summed E-state index contributed by atoms with van der Waals surface area (Å²) < 4.78 is 13.0. The number of halogens is 2. The van der Waals surface area contributed by atoms with E-state index in [4.69, 9.17) is 4.74 Å². The van der Waals surface area contributed by atoms with Crippen LogP contribution in [0.5, 0.6) is 0 Å². The van der Waals surface area contributed by atoms with Crippen molar-refractivity contribution in [3.8, 4) is 0 Å². The minimum absolute atomic E-state index is 0.267. The lowest BCUT2D eigenvalue weighted by atomic mass is 10.2. The zero-order chi connectivity index (χ0) is 16.6. The highest BCUT2D eigenvalue weighted by molar-refractivity contribution is 14.1. The van der Waals surface area contributed by atoms with Crippen molar-refractivity contribution in [1.82, 2.24) is 5.32 Å². The van der Waals surface area contributed by atoms with Crippen molar-refractivity contribution in [2.24, 2.45) is 0 Å². The lowest BCUT2D eigenvalue weighted by Crippen LogP contribution is -2.45. The predicted molar refractivity (Wildman–Crippen MR) is 88.3 cm³/mol. The topological polar surface area (TPSA) is 108 Å². The van der Waals surface area contributed by atoms with Gasteiger partial charge >= 0.3 is 16.0 Å². The van der Waals surface area contributed by atoms with Gasteiger partial charge in [0.2, 0.25) is 6.79 Å². The van der Waals surface area contributed by atoms with Crippen LogP contribution < -0.4 is 5.32 Å². The molecule has 0 spiro atoms. The summed E-state index contributed by atoms with van der Waals surface area (Å²) in [4.78, 5) is 45.0. The van der Waals surface area contributed by atoms with E-state index in [-0.39, 0.29) is 10.2 Å². The second-order valence-electron chi connectivity index (χ2n) is 4.72. The van der Waals surface area contributed by atoms with Crippen LogP contribution in [-0.4, -0.2) is 38.3 Å². The lowest BCUT2D eigenvalue weighted by Gasteiger charge is -2.22. The molecule has 1 unspecified atom stereocenters. The molecule has 0 saturated carbocycles. The molecule has 0 radical (unpaired) electrons. The third-order valence-corrected chi connectivity index (χ3v) is 2.47. The summed E-state index contributed by atoms with van der Waals surface area (Å²) in [7, 11) is 0. The van der Waals surface area contributed by atoms with Crippen molar-refractivity contribution in [3.63, 3.8) is 0 Å². The molecular weight excluding hydrogens is 512 g/mol. The fourth-order valence-corrected chi connectivity index (χ4v) is 1.61. The van der Waals surface area contributed by atoms with E-state index < -0.39 is 34.5 Å². The number of rotatable bonds is 6. The molecule has 0 aromatic rings. The Bertz CT molecular complexity index is 419. The van der Waals surface area contributed by atoms with Gasteiger partial charge in [-0.15, -0.1) is 0 Å². The monoisotopic (exact) mass is 527 g/mol. The predicted octanol–water partition coefficient (Wildman–Crippen LogP) is 2.30. The molecule has 0 rings (SSSR count). The quantitative estimate of drug-likeness (QED) is 0.245. The number of esters is 1. The maximum absolute atomic E-state index is 11.7. The summed E-state index contributed by atoms with van der Waals surface area (Å²) in [6, 6.07) is -1.21. The largest absolute Gasteiger partial charge is 0.444 e. The smallest absolute Gasteiger partial charge is 0.408 e. The molecule has 0 aromatic heterocycles. The Balaban J connectivity index is 4.56. The minimum Gasteiger partial charge on any atom is -0.444 e. The highest BCUT2D eigenvalue weighted by atomic mass is 127. The number of alkyl carbamates (subject to hydrolysis) is 1. The summed E-state index contributed by atoms with van der Waals surface area (Å²) >= 11 is 2.85. The number of ether oxygens (including phenoxy) is 3. The van der Waals surface area contributed by atoms with Gasteiger partial charge in [0.1, 0.15) is 11.6 Å². The lowest BCUT2D eigenvalue weighted by molar-refractivity contribution is -0.154. The average molecular weight is 527 g/mol. The van der Waals surface area contributed by atoms with Crippen molar-refractivity contribution in [1.29, 1.82) is 0 Å². The second-order valence-corrected chi connectivity index (χ2v) is 6.81. The molecule has 0 aliphatic carbocycles. The van der Waals surface area contributed by atoms with Crippen LogP contribution in [-0.2, 0) is 23.8 Å². The van der Waals surface area contributed by atoms with E-state index in [2.05, 4.69) is 14.8 Å². The fourth-order valence-electron chi connectivity index (χ4n) is 1.04. The van der Waals surface area contributed by atoms with Crippen LogP contribution in [0.1, 0.15) is 27.2 Å². The molecule has 1 N–H and O–H groups in total. The van der Waals surface area contributed by atoms with E-state index in [0.29, 0.717) is 0 Å². The number of amides is 1. The average Bonchev–Trinajstić information content (AvgIpc) is 2.23. The van der Waals surface area contributed by atoms with Crippen molar-refractivity contribution >= 4 is 65.0 Å². The summed E-state index contributed by atoms with van der Waals surface area (Å²) in [5, 5.41) is 2.24. The Kier molecular flexibility index (Phi) is 9.08. The zero-order valence-electron chi connectivity index (χ0n) is 11.6. The first-order valence-corrected chi connectivity index (χ1v) is 7.83. The minimum atomic E-state index is -1.21. The second kappa shape index (κ2) is 9.38. The number of nitrogens with one attached hydrogen (secondary N) is 1. The van der Waals surface area contributed by atoms with Crippen LogP contribution in [0.25, 0.3) is 0 Å². The highest BCUT2D eigenvalue weighted by Gasteiger charge is 2.27. The molecule has 0 aromatic carbocycles. The van der Waals surface area contributed by atoms with E-state index in [1.807, 2.05) is 0 Å². The van der Waals surface area contributed by atoms with Gasteiger partial charge in [-0.05, 0) is 43.4 Å². The molecule has 21 heavy (non-hydrogen) atoms. The molecule has 1 amide bonds. The Labute approximate surface area is 148 Å². The van der Waals surface area contributed by atoms with Gasteiger partial charge in [-0.2, -0.15) is 0 Å². The van der Waals surface area contributed by atoms with E-state index in [9.17, 15) is 19.2 Å². The Morgan fingerprint density at radius 3 is 2.10 bits per heavy atom. The van der Waals surface area contributed by atoms with Gasteiger partial charge in [0.25, 0.3) is 0 Å². The van der Waals surface area contributed by atoms with Crippen LogP contribution in [0.2, 0.25) is 0 Å². The van der Waals surface area contributed by atoms with Crippen molar-refractivity contribution in [3.05, 3.63) is 0 Å². The highest BCUT2D eigenvalue weighted by Crippen LogP contribution is 2.09. The van der Waals surface area contributed by atoms with Gasteiger partial charge in [-0.25, -0.2) is 14.4 Å². The first kappa shape index (κ1) is 20.3. The van der Waals surface area contributed by atoms with Gasteiger partial charge in [-0.3, -0.25) is 4.79 Å². The third kappa shape index (κ3) is 11.7. The van der Waals surface area contributed by atoms with E-state index in [0.717, 1.165) is 0 Å². The Morgan fingerprint density at radius 1 is 1.10 bits per heavy atom. The summed E-state index contributed by atoms with van der Waals surface area (Å²) in [6.45, 7) is 4.37. The van der Waals surface area contributed by atoms with Crippen molar-refractivity contribution < 1.29 is 33.4 Å². The maximum atomic E-state index is 11.7. The molecule has 0 fully saturated rings. The van der Waals surface area contributed by atoms with Crippen molar-refractivity contribution in [2.45, 2.75) is 38.8 Å². The summed E-state index contributed by atoms with van der Waals surface area (Å²) in [6.07, 6.45) is -1.12. The van der Waals surface area contributed by atoms with Crippen LogP contribution >= 0.6 is 45.2 Å². The summed E-state index contributed by atoms with van der Waals surface area (Å²) in [5.41, 5.74) is -0.746. The van der Waals surface area contributed by atoms with Crippen LogP contribution in [0.4, 0.5) is 9.59 Å². The third-order valence-electron chi connectivity index (χ3n) is 1.71. The Hall–Kier alpha value is -0.660. The molecule has 0 bridgehead atoms. The van der Waals surface area contributed by atoms with Gasteiger partial charge in [0.05, 0.1) is 22.6 Å². The van der Waals surface area contributed by atoms with E-state index in [1.54, 1.807) is 20.8 Å². The molecule has 1 atom stereocenters. The van der Waals surface area contributed by atoms with Gasteiger partial charge in [-0.1, -0.05) is 0 Å². The standard InChI is InChI=1S/C11H15I2NO7/c1-11(2,3)21-10(18)14-6(4-7(12)15)8(16)19-5-20-9(13)17/h6H,4-5H2,1-3H3,(H,14,18). The normalized spacial score (nSPS) is 12.0. The number of carbonyl (C=O) groups is 4. The van der Waals surface area contributed by atoms with Gasteiger partial charge < -0.3 is 19.5 Å². The van der Waals surface area contributed by atoms with Crippen LogP contribution in [0.15, 0.2) is 0 Å². The molecule has 0 aliphatic heterocycles. The Morgan fingerprint density at radius 2 is 1.67 bits per heavy atom. The zero-order valence-corrected chi connectivity index (χ0v) is 15.9. The summed E-state index contributed by atoms with van der Waals surface area (Å²) in [5.74, 6) is -0.900. The SMILES string of the molecule is CC(C)(C)OC(=O)NC(CC(=O)I)C(=O)OCOC(=O)I. The fraction of sp³-hybridized carbons (Fsp3) is 0.636. The number of hydrogen-bond acceptors (Lipinski definition) is 7. The van der Waals surface area contributed by atoms with Crippen LogP contribution in [0, 0.1) is 0 Å². The molecule has 0 saturated heterocycles. The molecule has 8 nitrogen and oxygen atoms in total. The van der Waals surface area contributed by atoms with Gasteiger partial charge in [0, 0.05) is 6.42 Å². The number of carbonyl (C=O) groups excluding carboxylic acids is 4. The number of hydrogen-bond donors (Lipinski definition) is 1. The van der Waals surface area contributed by atoms with Gasteiger partial charge in [0.15, 0.2) is 3.79 Å². The van der Waals surface area contributed by atoms with Crippen LogP contribution in [0.3, 0.4) is 0 Å². The van der Waals surface area contributed by atoms with E-state index >= 15 is 0 Å². The first-order valence-electron chi connectivity index (χ1n) is 5.68. The first-order chi connectivity index (χ1) is 9.51. The van der Waals surface area contributed by atoms with Crippen molar-refractivity contribution in [2.75, 3.05) is 6.79 Å². The molecule has 0 heterocycles. The molecule has 10 heteroatoms.